The van der Waals surface area contributed by atoms with Crippen molar-refractivity contribution in [1.29, 1.82) is 0 Å². The van der Waals surface area contributed by atoms with Crippen molar-refractivity contribution in [3.63, 3.8) is 0 Å². The molecule has 2 saturated heterocycles. The van der Waals surface area contributed by atoms with Gasteiger partial charge < -0.3 is 14.2 Å². The van der Waals surface area contributed by atoms with Gasteiger partial charge in [0.1, 0.15) is 5.60 Å². The van der Waals surface area contributed by atoms with Gasteiger partial charge in [0.05, 0.1) is 13.2 Å². The Morgan fingerprint density at radius 1 is 1.38 bits per heavy atom. The molecule has 3 heteroatoms. The molecule has 2 aliphatic rings. The summed E-state index contributed by atoms with van der Waals surface area (Å²) in [5.41, 5.74) is -0.134. The quantitative estimate of drug-likeness (QED) is 0.449. The molecule has 0 unspecified atom stereocenters. The Morgan fingerprint density at radius 2 is 2.00 bits per heavy atom. The van der Waals surface area contributed by atoms with Crippen LogP contribution in [0.25, 0.3) is 0 Å². The molecule has 0 atom stereocenters. The number of rotatable bonds is 0. The Hall–Kier alpha value is -0.120. The SMILES string of the molecule is CC12COC(OC1)O2. The molecule has 2 rings (SSSR count). The fraction of sp³-hybridized carbons (Fsp3) is 1.00. The second kappa shape index (κ2) is 1.23. The van der Waals surface area contributed by atoms with Crippen LogP contribution in [-0.4, -0.2) is 25.3 Å². The lowest BCUT2D eigenvalue weighted by atomic mass is 10.1. The van der Waals surface area contributed by atoms with Crippen molar-refractivity contribution in [2.75, 3.05) is 13.2 Å². The molecule has 2 fully saturated rings. The molecule has 0 saturated carbocycles. The van der Waals surface area contributed by atoms with Crippen LogP contribution in [0.5, 0.6) is 0 Å². The van der Waals surface area contributed by atoms with Crippen LogP contribution < -0.4 is 0 Å². The highest BCUT2D eigenvalue weighted by atomic mass is 16.9. The minimum absolute atomic E-state index is 0.134. The first-order valence-electron chi connectivity index (χ1n) is 2.70. The zero-order valence-electron chi connectivity index (χ0n) is 4.72. The topological polar surface area (TPSA) is 27.7 Å². The highest BCUT2D eigenvalue weighted by Crippen LogP contribution is 2.30. The van der Waals surface area contributed by atoms with Crippen LogP contribution in [0.2, 0.25) is 0 Å². The van der Waals surface area contributed by atoms with Gasteiger partial charge in [-0.05, 0) is 6.92 Å². The van der Waals surface area contributed by atoms with Gasteiger partial charge in [0.25, 0.3) is 6.48 Å². The summed E-state index contributed by atoms with van der Waals surface area (Å²) < 4.78 is 15.2. The zero-order valence-corrected chi connectivity index (χ0v) is 4.72. The fourth-order valence-electron chi connectivity index (χ4n) is 0.947. The van der Waals surface area contributed by atoms with Gasteiger partial charge >= 0.3 is 0 Å². The summed E-state index contributed by atoms with van der Waals surface area (Å²) in [6, 6.07) is 0. The van der Waals surface area contributed by atoms with E-state index in [1.54, 1.807) is 0 Å². The van der Waals surface area contributed by atoms with Crippen LogP contribution in [0.1, 0.15) is 6.92 Å². The van der Waals surface area contributed by atoms with Crippen molar-refractivity contribution in [1.82, 2.24) is 0 Å². The van der Waals surface area contributed by atoms with Gasteiger partial charge in [0.2, 0.25) is 0 Å². The smallest absolute Gasteiger partial charge is 0.272 e. The molecule has 0 aromatic rings. The largest absolute Gasteiger partial charge is 0.327 e. The highest BCUT2D eigenvalue weighted by Gasteiger charge is 2.44. The summed E-state index contributed by atoms with van der Waals surface area (Å²) in [6.07, 6.45) is 0. The summed E-state index contributed by atoms with van der Waals surface area (Å²) in [5.74, 6) is 0. The molecular formula is C5H8O3. The molecule has 2 aliphatic heterocycles. The monoisotopic (exact) mass is 116 g/mol. The molecule has 46 valence electrons. The number of hydrogen-bond donors (Lipinski definition) is 0. The molecule has 3 nitrogen and oxygen atoms in total. The third-order valence-corrected chi connectivity index (χ3v) is 1.43. The molecule has 0 amide bonds. The maximum atomic E-state index is 5.22. The number of hydrogen-bond acceptors (Lipinski definition) is 3. The van der Waals surface area contributed by atoms with Gasteiger partial charge in [0, 0.05) is 0 Å². The molecule has 0 N–H and O–H groups in total. The van der Waals surface area contributed by atoms with E-state index in [-0.39, 0.29) is 12.1 Å². The first-order chi connectivity index (χ1) is 3.79. The summed E-state index contributed by atoms with van der Waals surface area (Å²) in [5, 5.41) is 0. The maximum absolute atomic E-state index is 5.22. The van der Waals surface area contributed by atoms with E-state index in [1.165, 1.54) is 0 Å². The fourth-order valence-corrected chi connectivity index (χ4v) is 0.947. The van der Waals surface area contributed by atoms with E-state index in [0.29, 0.717) is 13.2 Å². The molecule has 2 heterocycles. The average molecular weight is 116 g/mol. The lowest BCUT2D eigenvalue weighted by Gasteiger charge is -2.14. The van der Waals surface area contributed by atoms with E-state index in [9.17, 15) is 0 Å². The molecule has 0 aromatic heterocycles. The Balaban J connectivity index is 2.19. The van der Waals surface area contributed by atoms with E-state index in [2.05, 4.69) is 0 Å². The summed E-state index contributed by atoms with van der Waals surface area (Å²) in [4.78, 5) is 0. The van der Waals surface area contributed by atoms with E-state index in [4.69, 9.17) is 14.2 Å². The summed E-state index contributed by atoms with van der Waals surface area (Å²) in [7, 11) is 0. The van der Waals surface area contributed by atoms with Gasteiger partial charge in [-0.25, -0.2) is 0 Å². The van der Waals surface area contributed by atoms with Crippen LogP contribution >= 0.6 is 0 Å². The van der Waals surface area contributed by atoms with Gasteiger partial charge in [0.15, 0.2) is 0 Å². The van der Waals surface area contributed by atoms with Crippen molar-refractivity contribution in [3.05, 3.63) is 0 Å². The van der Waals surface area contributed by atoms with Gasteiger partial charge in [-0.2, -0.15) is 0 Å². The Morgan fingerprint density at radius 3 is 2.12 bits per heavy atom. The van der Waals surface area contributed by atoms with E-state index in [0.717, 1.165) is 0 Å². The van der Waals surface area contributed by atoms with Crippen molar-refractivity contribution in [2.24, 2.45) is 0 Å². The van der Waals surface area contributed by atoms with Crippen LogP contribution in [0.3, 0.4) is 0 Å². The van der Waals surface area contributed by atoms with Crippen LogP contribution in [0, 0.1) is 0 Å². The van der Waals surface area contributed by atoms with Crippen molar-refractivity contribution >= 4 is 0 Å². The Kier molecular flexibility index (Phi) is 0.730. The number of fused-ring (bicyclic) bond motifs is 2. The van der Waals surface area contributed by atoms with Crippen molar-refractivity contribution < 1.29 is 14.2 Å². The Bertz CT molecular complexity index is 104. The Labute approximate surface area is 47.5 Å². The predicted octanol–water partition coefficient (Wildman–Crippen LogP) is 0.106. The average Bonchev–Trinajstić information content (AvgIpc) is 2.21. The standard InChI is InChI=1S/C5H8O3/c1-5-2-6-4(8-5)7-3-5/h4H,2-3H2,1H3. The predicted molar refractivity (Wildman–Crippen MR) is 25.2 cm³/mol. The number of ether oxygens (including phenoxy) is 3. The summed E-state index contributed by atoms with van der Waals surface area (Å²) >= 11 is 0. The zero-order chi connectivity index (χ0) is 5.61. The second-order valence-electron chi connectivity index (χ2n) is 2.48. The third kappa shape index (κ3) is 0.491. The maximum Gasteiger partial charge on any atom is 0.272 e. The first kappa shape index (κ1) is 4.73. The van der Waals surface area contributed by atoms with Gasteiger partial charge in [-0.1, -0.05) is 0 Å². The molecule has 0 aliphatic carbocycles. The lowest BCUT2D eigenvalue weighted by Crippen LogP contribution is -2.30. The molecular weight excluding hydrogens is 108 g/mol. The van der Waals surface area contributed by atoms with E-state index in [1.807, 2.05) is 6.92 Å². The van der Waals surface area contributed by atoms with Gasteiger partial charge in [-0.3, -0.25) is 0 Å². The van der Waals surface area contributed by atoms with Crippen molar-refractivity contribution in [2.45, 2.75) is 19.0 Å². The van der Waals surface area contributed by atoms with Crippen LogP contribution in [-0.2, 0) is 14.2 Å². The second-order valence-corrected chi connectivity index (χ2v) is 2.48. The van der Waals surface area contributed by atoms with Crippen molar-refractivity contribution in [3.8, 4) is 0 Å². The summed E-state index contributed by atoms with van der Waals surface area (Å²) in [6.45, 7) is 2.98. The van der Waals surface area contributed by atoms with Crippen LogP contribution in [0.15, 0.2) is 0 Å². The third-order valence-electron chi connectivity index (χ3n) is 1.43. The molecule has 0 aromatic carbocycles. The lowest BCUT2D eigenvalue weighted by molar-refractivity contribution is -0.190. The molecule has 2 bridgehead atoms. The van der Waals surface area contributed by atoms with E-state index >= 15 is 0 Å². The normalized spacial score (nSPS) is 52.9. The molecule has 0 spiro atoms. The molecule has 8 heavy (non-hydrogen) atoms. The van der Waals surface area contributed by atoms with Crippen LogP contribution in [0.4, 0.5) is 0 Å². The van der Waals surface area contributed by atoms with E-state index < -0.39 is 0 Å². The molecule has 0 radical (unpaired) electrons. The highest BCUT2D eigenvalue weighted by molar-refractivity contribution is 4.82. The first-order valence-corrected chi connectivity index (χ1v) is 2.70. The minimum atomic E-state index is -0.361. The minimum Gasteiger partial charge on any atom is -0.327 e. The van der Waals surface area contributed by atoms with Gasteiger partial charge in [-0.15, -0.1) is 0 Å².